The van der Waals surface area contributed by atoms with Gasteiger partial charge in [0.25, 0.3) is 0 Å². The van der Waals surface area contributed by atoms with E-state index in [0.29, 0.717) is 12.1 Å². The van der Waals surface area contributed by atoms with Crippen LogP contribution in [0.25, 0.3) is 0 Å². The molecule has 2 aliphatic heterocycles. The summed E-state index contributed by atoms with van der Waals surface area (Å²) in [6.45, 7) is 5.20. The minimum Gasteiger partial charge on any atom is -0.370 e. The minimum absolute atomic E-state index is 0. The lowest BCUT2D eigenvalue weighted by atomic mass is 9.84. The molecule has 0 spiro atoms. The number of aliphatic imine (C=N–C) groups is 1. The Kier molecular flexibility index (Phi) is 18.3. The molecule has 4 fully saturated rings. The molecule has 5 aliphatic rings. The second-order valence-electron chi connectivity index (χ2n) is 15.4. The van der Waals surface area contributed by atoms with Crippen molar-refractivity contribution in [2.75, 3.05) is 32.7 Å². The molecule has 0 bridgehead atoms. The van der Waals surface area contributed by atoms with Gasteiger partial charge in [0.2, 0.25) is 0 Å². The van der Waals surface area contributed by atoms with Crippen LogP contribution in [-0.4, -0.2) is 71.4 Å². The lowest BCUT2D eigenvalue weighted by molar-refractivity contribution is 0.238. The number of nitrogens with two attached hydrogens (primary N) is 1. The van der Waals surface area contributed by atoms with Crippen molar-refractivity contribution in [3.05, 3.63) is 0 Å². The maximum atomic E-state index is 9.18. The Morgan fingerprint density at radius 3 is 1.64 bits per heavy atom. The van der Waals surface area contributed by atoms with E-state index in [2.05, 4.69) is 19.7 Å². The summed E-state index contributed by atoms with van der Waals surface area (Å²) >= 11 is 0. The van der Waals surface area contributed by atoms with E-state index < -0.39 is 0 Å². The molecule has 0 aromatic carbocycles. The van der Waals surface area contributed by atoms with Gasteiger partial charge in [0.05, 0.1) is 12.6 Å². The molecule has 8 heteroatoms. The van der Waals surface area contributed by atoms with Crippen molar-refractivity contribution in [3.8, 4) is 0 Å². The third kappa shape index (κ3) is 12.3. The minimum atomic E-state index is 0. The fourth-order valence-electron chi connectivity index (χ4n) is 9.47. The van der Waals surface area contributed by atoms with Crippen LogP contribution >= 0.6 is 27.0 Å². The van der Waals surface area contributed by atoms with Crippen LogP contribution in [0, 0.1) is 23.2 Å². The maximum absolute atomic E-state index is 9.18. The van der Waals surface area contributed by atoms with E-state index >= 15 is 0 Å². The summed E-state index contributed by atoms with van der Waals surface area (Å²) in [5, 5.41) is 9.18. The first-order valence-electron chi connectivity index (χ1n) is 19.3. The molecule has 3 aliphatic carbocycles. The lowest BCUT2D eigenvalue weighted by Crippen LogP contribution is -2.41. The van der Waals surface area contributed by atoms with E-state index in [1.54, 1.807) is 0 Å². The molecule has 0 aromatic heterocycles. The van der Waals surface area contributed by atoms with Gasteiger partial charge in [-0.25, -0.2) is 0 Å². The molecule has 3 N–H and O–H groups in total. The molecule has 0 unspecified atom stereocenters. The molecular formula is C37H72N6S2. The summed E-state index contributed by atoms with van der Waals surface area (Å²) in [7, 11) is 0. The van der Waals surface area contributed by atoms with Gasteiger partial charge in [0.1, 0.15) is 0 Å². The lowest BCUT2D eigenvalue weighted by Gasteiger charge is -2.30. The third-order valence-corrected chi connectivity index (χ3v) is 12.2. The largest absolute Gasteiger partial charge is 0.370 e. The average molecular weight is 665 g/mol. The van der Waals surface area contributed by atoms with Gasteiger partial charge in [-0.15, -0.1) is 0 Å². The zero-order valence-corrected chi connectivity index (χ0v) is 31.0. The van der Waals surface area contributed by atoms with E-state index in [4.69, 9.17) is 5.73 Å². The molecular weight excluding hydrogens is 593 g/mol. The molecule has 262 valence electrons. The maximum Gasteiger partial charge on any atom is 0.194 e. The molecule has 3 saturated carbocycles. The number of nitrogens with zero attached hydrogens (tertiary/aromatic N) is 4. The second kappa shape index (κ2) is 21.3. The van der Waals surface area contributed by atoms with E-state index in [0.717, 1.165) is 62.4 Å². The standard InChI is InChI=1S/C37H68N6.2H2S/c38-36-40-29-34(42(36)26-14-10-20-31-16-4-1-5-17-31)24-12-13-25-41-30-35(28-33-22-8-3-9-23-33)43(37(41)39)27-15-11-21-32-18-6-2-7-19-32;;/h31-35,39H,1-30H2,(H2,38,40);2*1H2/t34-,35-;;/m0../s1. The average Bonchev–Trinajstić information content (AvgIpc) is 3.54. The Bertz CT molecular complexity index is 837. The van der Waals surface area contributed by atoms with Gasteiger partial charge < -0.3 is 20.4 Å². The molecule has 2 heterocycles. The Hall–Kier alpha value is -0.760. The Morgan fingerprint density at radius 1 is 0.578 bits per heavy atom. The van der Waals surface area contributed by atoms with Crippen LogP contribution in [0.3, 0.4) is 0 Å². The van der Waals surface area contributed by atoms with E-state index in [9.17, 15) is 5.41 Å². The summed E-state index contributed by atoms with van der Waals surface area (Å²) < 4.78 is 0. The zero-order valence-electron chi connectivity index (χ0n) is 29.0. The Balaban J connectivity index is 0.00000276. The van der Waals surface area contributed by atoms with Gasteiger partial charge in [-0.3, -0.25) is 10.4 Å². The predicted molar refractivity (Wildman–Crippen MR) is 203 cm³/mol. The first-order valence-corrected chi connectivity index (χ1v) is 19.3. The normalized spacial score (nSPS) is 25.4. The molecule has 1 saturated heterocycles. The van der Waals surface area contributed by atoms with Crippen molar-refractivity contribution in [3.63, 3.8) is 0 Å². The molecule has 6 nitrogen and oxygen atoms in total. The van der Waals surface area contributed by atoms with Crippen molar-refractivity contribution in [1.82, 2.24) is 14.7 Å². The van der Waals surface area contributed by atoms with Crippen LogP contribution in [0.15, 0.2) is 4.99 Å². The van der Waals surface area contributed by atoms with Gasteiger partial charge >= 0.3 is 0 Å². The Morgan fingerprint density at radius 2 is 1.07 bits per heavy atom. The van der Waals surface area contributed by atoms with Crippen molar-refractivity contribution >= 4 is 38.9 Å². The molecule has 5 rings (SSSR count). The zero-order chi connectivity index (χ0) is 29.7. The highest BCUT2D eigenvalue weighted by molar-refractivity contribution is 7.59. The van der Waals surface area contributed by atoms with Crippen LogP contribution in [0.2, 0.25) is 0 Å². The Labute approximate surface area is 291 Å². The molecule has 2 atom stereocenters. The number of nitrogens with one attached hydrogen (secondary N) is 1. The van der Waals surface area contributed by atoms with Crippen LogP contribution < -0.4 is 5.73 Å². The predicted octanol–water partition coefficient (Wildman–Crippen LogP) is 8.77. The van der Waals surface area contributed by atoms with Crippen molar-refractivity contribution in [2.24, 2.45) is 28.5 Å². The van der Waals surface area contributed by atoms with E-state index in [1.807, 2.05) is 0 Å². The number of hydrogen-bond acceptors (Lipinski definition) is 4. The topological polar surface area (TPSA) is 71.9 Å². The van der Waals surface area contributed by atoms with E-state index in [-0.39, 0.29) is 27.0 Å². The quantitative estimate of drug-likeness (QED) is 0.153. The first kappa shape index (κ1) is 38.7. The van der Waals surface area contributed by atoms with Crippen molar-refractivity contribution in [2.45, 2.75) is 173 Å². The molecule has 0 radical (unpaired) electrons. The summed E-state index contributed by atoms with van der Waals surface area (Å²) in [4.78, 5) is 12.0. The van der Waals surface area contributed by atoms with Crippen molar-refractivity contribution in [1.29, 1.82) is 5.41 Å². The summed E-state index contributed by atoms with van der Waals surface area (Å²) in [6.07, 6.45) is 34.7. The molecule has 0 amide bonds. The van der Waals surface area contributed by atoms with Crippen LogP contribution in [0.1, 0.15) is 161 Å². The summed E-state index contributed by atoms with van der Waals surface area (Å²) in [6, 6.07) is 1.06. The highest BCUT2D eigenvalue weighted by atomic mass is 32.1. The van der Waals surface area contributed by atoms with Crippen LogP contribution in [-0.2, 0) is 0 Å². The third-order valence-electron chi connectivity index (χ3n) is 12.2. The molecule has 0 aromatic rings. The monoisotopic (exact) mass is 665 g/mol. The highest BCUT2D eigenvalue weighted by Crippen LogP contribution is 2.33. The SMILES string of the molecule is N=C1N(CCCC[C@H]2CN=C(N)N2CCCCC2CCCCC2)C[C@H](CC2CCCCC2)N1CCCCC1CCCCC1.S.S. The number of hydrogen-bond donors (Lipinski definition) is 2. The second-order valence-corrected chi connectivity index (χ2v) is 15.4. The smallest absolute Gasteiger partial charge is 0.194 e. The van der Waals surface area contributed by atoms with Crippen LogP contribution in [0.4, 0.5) is 0 Å². The molecule has 45 heavy (non-hydrogen) atoms. The number of rotatable bonds is 17. The summed E-state index contributed by atoms with van der Waals surface area (Å²) in [5.74, 6) is 4.48. The van der Waals surface area contributed by atoms with Gasteiger partial charge in [-0.2, -0.15) is 27.0 Å². The van der Waals surface area contributed by atoms with Crippen molar-refractivity contribution < 1.29 is 0 Å². The summed E-state index contributed by atoms with van der Waals surface area (Å²) in [5.41, 5.74) is 6.35. The first-order chi connectivity index (χ1) is 21.2. The van der Waals surface area contributed by atoms with Gasteiger partial charge in [0, 0.05) is 32.2 Å². The fraction of sp³-hybridized carbons (Fsp3) is 0.946. The number of guanidine groups is 2. The highest BCUT2D eigenvalue weighted by Gasteiger charge is 2.35. The van der Waals surface area contributed by atoms with E-state index in [1.165, 1.54) is 161 Å². The van der Waals surface area contributed by atoms with Gasteiger partial charge in [0.15, 0.2) is 11.9 Å². The van der Waals surface area contributed by atoms with Gasteiger partial charge in [-0.05, 0) is 56.3 Å². The van der Waals surface area contributed by atoms with Gasteiger partial charge in [-0.1, -0.05) is 122 Å². The van der Waals surface area contributed by atoms with Crippen LogP contribution in [0.5, 0.6) is 0 Å². The fourth-order valence-corrected chi connectivity index (χ4v) is 9.47. The number of unbranched alkanes of at least 4 members (excludes halogenated alkanes) is 3.